The van der Waals surface area contributed by atoms with Crippen LogP contribution in [0.2, 0.25) is 0 Å². The van der Waals surface area contributed by atoms with E-state index < -0.39 is 0 Å². The van der Waals surface area contributed by atoms with Gasteiger partial charge in [0.05, 0.1) is 11.3 Å². The molecule has 7 heteroatoms. The van der Waals surface area contributed by atoms with Crippen LogP contribution in [0.4, 0.5) is 0 Å². The largest absolute Gasteiger partial charge is 0.353 e. The Morgan fingerprint density at radius 2 is 2.29 bits per heavy atom. The number of nitrogens with one attached hydrogen (secondary N) is 2. The minimum absolute atomic E-state index is 0.0473. The molecule has 1 amide bonds. The Hall–Kier alpha value is -1.76. The summed E-state index contributed by atoms with van der Waals surface area (Å²) >= 11 is 1.27. The summed E-state index contributed by atoms with van der Waals surface area (Å²) in [6.45, 7) is 5.87. The number of aromatic nitrogens is 3. The Balaban J connectivity index is 2.17. The topological polar surface area (TPSA) is 79.8 Å². The van der Waals surface area contributed by atoms with Gasteiger partial charge in [0.15, 0.2) is 5.16 Å². The molecule has 0 saturated carbocycles. The number of carbonyl (C=O) groups excluding carboxylic acids is 1. The summed E-state index contributed by atoms with van der Waals surface area (Å²) in [6.07, 6.45) is 0.891. The first-order chi connectivity index (χ1) is 9.92. The summed E-state index contributed by atoms with van der Waals surface area (Å²) in [5.74, 6) is 0.202. The van der Waals surface area contributed by atoms with Gasteiger partial charge in [-0.2, -0.15) is 0 Å². The van der Waals surface area contributed by atoms with E-state index in [0.29, 0.717) is 16.2 Å². The Morgan fingerprint density at radius 1 is 1.57 bits per heavy atom. The van der Waals surface area contributed by atoms with E-state index in [9.17, 15) is 9.59 Å². The molecule has 2 aromatic heterocycles. The van der Waals surface area contributed by atoms with Gasteiger partial charge in [-0.05, 0) is 26.3 Å². The molecule has 0 fully saturated rings. The lowest BCUT2D eigenvalue weighted by molar-refractivity contribution is -0.119. The molecule has 0 radical (unpaired) electrons. The van der Waals surface area contributed by atoms with Crippen molar-refractivity contribution in [3.05, 3.63) is 22.1 Å². The van der Waals surface area contributed by atoms with Crippen LogP contribution in [0.3, 0.4) is 0 Å². The second kappa shape index (κ2) is 6.34. The number of amides is 1. The Bertz CT molecular complexity index is 720. The molecular formula is C14H20N4O2S. The summed E-state index contributed by atoms with van der Waals surface area (Å²) in [5.41, 5.74) is 1.91. The van der Waals surface area contributed by atoms with Crippen molar-refractivity contribution in [1.82, 2.24) is 19.9 Å². The number of hydrogen-bond acceptors (Lipinski definition) is 4. The van der Waals surface area contributed by atoms with E-state index in [-0.39, 0.29) is 23.3 Å². The van der Waals surface area contributed by atoms with Crippen LogP contribution in [-0.2, 0) is 11.8 Å². The molecule has 0 aliphatic rings. The van der Waals surface area contributed by atoms with Gasteiger partial charge in [0, 0.05) is 18.8 Å². The minimum Gasteiger partial charge on any atom is -0.353 e. The molecule has 2 heterocycles. The molecule has 6 nitrogen and oxygen atoms in total. The molecule has 1 atom stereocenters. The van der Waals surface area contributed by atoms with Crippen LogP contribution in [0.25, 0.3) is 11.0 Å². The molecule has 0 saturated heterocycles. The van der Waals surface area contributed by atoms with Gasteiger partial charge in [0.1, 0.15) is 5.52 Å². The minimum atomic E-state index is -0.127. The predicted octanol–water partition coefficient (Wildman–Crippen LogP) is 1.58. The lowest BCUT2D eigenvalue weighted by atomic mass is 10.3. The molecule has 0 aliphatic heterocycles. The number of nitrogens with zero attached hydrogens (tertiary/aromatic N) is 2. The van der Waals surface area contributed by atoms with Crippen LogP contribution in [0.5, 0.6) is 0 Å². The van der Waals surface area contributed by atoms with Crippen LogP contribution in [0.15, 0.2) is 16.0 Å². The average molecular weight is 308 g/mol. The highest BCUT2D eigenvalue weighted by atomic mass is 32.2. The number of fused-ring (bicyclic) bond motifs is 1. The zero-order valence-corrected chi connectivity index (χ0v) is 13.5. The van der Waals surface area contributed by atoms with Gasteiger partial charge in [-0.25, -0.2) is 4.98 Å². The second-order valence-corrected chi connectivity index (χ2v) is 6.08. The fourth-order valence-corrected chi connectivity index (χ4v) is 2.72. The van der Waals surface area contributed by atoms with E-state index in [1.54, 1.807) is 7.05 Å². The smallest absolute Gasteiger partial charge is 0.278 e. The maximum absolute atomic E-state index is 12.2. The monoisotopic (exact) mass is 308 g/mol. The number of thioether (sulfide) groups is 1. The molecule has 21 heavy (non-hydrogen) atoms. The molecule has 0 aromatic carbocycles. The van der Waals surface area contributed by atoms with Gasteiger partial charge >= 0.3 is 0 Å². The molecule has 0 unspecified atom stereocenters. The zero-order valence-electron chi connectivity index (χ0n) is 12.7. The molecule has 2 aromatic rings. The highest BCUT2D eigenvalue weighted by Crippen LogP contribution is 2.17. The third kappa shape index (κ3) is 3.47. The van der Waals surface area contributed by atoms with E-state index in [0.717, 1.165) is 12.1 Å². The fraction of sp³-hybridized carbons (Fsp3) is 0.500. The van der Waals surface area contributed by atoms with E-state index in [4.69, 9.17) is 0 Å². The number of carbonyl (C=O) groups is 1. The Kier molecular flexibility index (Phi) is 4.72. The fourth-order valence-electron chi connectivity index (χ4n) is 1.94. The van der Waals surface area contributed by atoms with E-state index in [1.807, 2.05) is 26.8 Å². The van der Waals surface area contributed by atoms with Gasteiger partial charge in [-0.15, -0.1) is 0 Å². The number of aromatic amines is 1. The normalized spacial score (nSPS) is 12.6. The van der Waals surface area contributed by atoms with Crippen LogP contribution in [0.1, 0.15) is 26.0 Å². The molecule has 0 bridgehead atoms. The van der Waals surface area contributed by atoms with Crippen molar-refractivity contribution in [3.63, 3.8) is 0 Å². The van der Waals surface area contributed by atoms with Crippen molar-refractivity contribution in [3.8, 4) is 0 Å². The maximum Gasteiger partial charge on any atom is 0.278 e. The van der Waals surface area contributed by atoms with Crippen molar-refractivity contribution >= 4 is 28.7 Å². The zero-order chi connectivity index (χ0) is 15.6. The van der Waals surface area contributed by atoms with Gasteiger partial charge in [-0.1, -0.05) is 18.7 Å². The van der Waals surface area contributed by atoms with Crippen molar-refractivity contribution < 1.29 is 4.79 Å². The molecule has 0 aliphatic carbocycles. The van der Waals surface area contributed by atoms with Crippen LogP contribution in [0, 0.1) is 6.92 Å². The molecule has 114 valence electrons. The first-order valence-corrected chi connectivity index (χ1v) is 7.89. The van der Waals surface area contributed by atoms with Gasteiger partial charge in [-0.3, -0.25) is 14.2 Å². The summed E-state index contributed by atoms with van der Waals surface area (Å²) in [5, 5.41) is 3.44. The van der Waals surface area contributed by atoms with Gasteiger partial charge in [0.25, 0.3) is 5.56 Å². The quantitative estimate of drug-likeness (QED) is 0.649. The number of aryl methyl sites for hydroxylation is 1. The second-order valence-electron chi connectivity index (χ2n) is 5.14. The molecule has 2 N–H and O–H groups in total. The Morgan fingerprint density at radius 3 is 2.95 bits per heavy atom. The third-order valence-electron chi connectivity index (χ3n) is 3.31. The maximum atomic E-state index is 12.2. The first kappa shape index (κ1) is 15.6. The molecule has 0 spiro atoms. The standard InChI is InChI=1S/C14H20N4O2S/c1-5-8(2)15-11(19)7-21-14-17-10-6-9(3)16-12(10)13(20)18(14)4/h6,8,16H,5,7H2,1-4H3,(H,15,19)/t8-/m0/s1. The molecule has 2 rings (SSSR count). The van der Waals surface area contributed by atoms with Crippen molar-refractivity contribution in [2.45, 2.75) is 38.4 Å². The van der Waals surface area contributed by atoms with Crippen LogP contribution < -0.4 is 10.9 Å². The highest BCUT2D eigenvalue weighted by Gasteiger charge is 2.13. The van der Waals surface area contributed by atoms with Gasteiger partial charge < -0.3 is 10.3 Å². The third-order valence-corrected chi connectivity index (χ3v) is 4.34. The lowest BCUT2D eigenvalue weighted by Gasteiger charge is -2.11. The summed E-state index contributed by atoms with van der Waals surface area (Å²) in [6, 6.07) is 1.99. The first-order valence-electron chi connectivity index (χ1n) is 6.90. The number of H-pyrrole nitrogens is 1. The van der Waals surface area contributed by atoms with Crippen molar-refractivity contribution in [1.29, 1.82) is 0 Å². The summed E-state index contributed by atoms with van der Waals surface area (Å²) < 4.78 is 1.47. The van der Waals surface area contributed by atoms with Crippen LogP contribution in [-0.4, -0.2) is 32.2 Å². The summed E-state index contributed by atoms with van der Waals surface area (Å²) in [7, 11) is 1.67. The van der Waals surface area contributed by atoms with Crippen molar-refractivity contribution in [2.24, 2.45) is 7.05 Å². The van der Waals surface area contributed by atoms with Gasteiger partial charge in [0.2, 0.25) is 5.91 Å². The molecular weight excluding hydrogens is 288 g/mol. The van der Waals surface area contributed by atoms with E-state index in [2.05, 4.69) is 15.3 Å². The Labute approximate surface area is 127 Å². The van der Waals surface area contributed by atoms with E-state index in [1.165, 1.54) is 16.3 Å². The average Bonchev–Trinajstić information content (AvgIpc) is 2.82. The van der Waals surface area contributed by atoms with E-state index >= 15 is 0 Å². The SMILES string of the molecule is CC[C@H](C)NC(=O)CSc1nc2cc(C)[nH]c2c(=O)n1C. The highest BCUT2D eigenvalue weighted by molar-refractivity contribution is 7.99. The number of hydrogen-bond donors (Lipinski definition) is 2. The lowest BCUT2D eigenvalue weighted by Crippen LogP contribution is -2.33. The summed E-state index contributed by atoms with van der Waals surface area (Å²) in [4.78, 5) is 31.5. The van der Waals surface area contributed by atoms with Crippen LogP contribution >= 0.6 is 11.8 Å². The van der Waals surface area contributed by atoms with Crippen molar-refractivity contribution in [2.75, 3.05) is 5.75 Å². The number of rotatable bonds is 5. The predicted molar refractivity (Wildman–Crippen MR) is 84.7 cm³/mol.